The zero-order chi connectivity index (χ0) is 19.5. The highest BCUT2D eigenvalue weighted by atomic mass is 19.4. The predicted octanol–water partition coefficient (Wildman–Crippen LogP) is 3.39. The first-order valence-electron chi connectivity index (χ1n) is 8.51. The average Bonchev–Trinajstić information content (AvgIpc) is 2.53. The van der Waals surface area contributed by atoms with Gasteiger partial charge in [-0.25, -0.2) is 4.79 Å². The standard InChI is InChI=1S/C18H23F3N2O3/c1-11-7-14(16(24)25)10-23(9-11)17(26)22-12(2)8-13-5-3-4-6-15(13)18(19,20)21/h3-6,11-12,14H,7-10H2,1-2H3,(H,22,26)(H,24,25). The van der Waals surface area contributed by atoms with E-state index in [9.17, 15) is 27.9 Å². The maximum atomic E-state index is 13.1. The van der Waals surface area contributed by atoms with Crippen molar-refractivity contribution in [3.63, 3.8) is 0 Å². The van der Waals surface area contributed by atoms with Gasteiger partial charge in [0.1, 0.15) is 0 Å². The van der Waals surface area contributed by atoms with Crippen molar-refractivity contribution >= 4 is 12.0 Å². The van der Waals surface area contributed by atoms with Crippen molar-refractivity contribution in [2.24, 2.45) is 11.8 Å². The van der Waals surface area contributed by atoms with Crippen LogP contribution in [-0.4, -0.2) is 41.1 Å². The summed E-state index contributed by atoms with van der Waals surface area (Å²) in [7, 11) is 0. The van der Waals surface area contributed by atoms with Gasteiger partial charge in [0.25, 0.3) is 0 Å². The number of benzene rings is 1. The highest BCUT2D eigenvalue weighted by Crippen LogP contribution is 2.32. The van der Waals surface area contributed by atoms with Gasteiger partial charge < -0.3 is 15.3 Å². The molecule has 3 atom stereocenters. The lowest BCUT2D eigenvalue weighted by Gasteiger charge is -2.35. The summed E-state index contributed by atoms with van der Waals surface area (Å²) in [5.41, 5.74) is -0.596. The first-order chi connectivity index (χ1) is 12.1. The molecule has 2 rings (SSSR count). The number of piperidine rings is 1. The van der Waals surface area contributed by atoms with Gasteiger partial charge in [0.2, 0.25) is 0 Å². The Labute approximate surface area is 150 Å². The Morgan fingerprint density at radius 1 is 1.31 bits per heavy atom. The number of hydrogen-bond donors (Lipinski definition) is 2. The molecule has 2 amide bonds. The monoisotopic (exact) mass is 372 g/mol. The van der Waals surface area contributed by atoms with Gasteiger partial charge in [0, 0.05) is 19.1 Å². The van der Waals surface area contributed by atoms with Crippen LogP contribution in [0.15, 0.2) is 24.3 Å². The van der Waals surface area contributed by atoms with Gasteiger partial charge in [0.05, 0.1) is 11.5 Å². The lowest BCUT2D eigenvalue weighted by atomic mass is 9.91. The summed E-state index contributed by atoms with van der Waals surface area (Å²) in [5, 5.41) is 11.9. The smallest absolute Gasteiger partial charge is 0.416 e. The molecule has 0 saturated carbocycles. The molecular weight excluding hydrogens is 349 g/mol. The van der Waals surface area contributed by atoms with Crippen molar-refractivity contribution in [1.82, 2.24) is 10.2 Å². The van der Waals surface area contributed by atoms with Crippen LogP contribution in [0.4, 0.5) is 18.0 Å². The Hall–Kier alpha value is -2.25. The number of halogens is 3. The van der Waals surface area contributed by atoms with Crippen molar-refractivity contribution in [3.8, 4) is 0 Å². The van der Waals surface area contributed by atoms with E-state index in [-0.39, 0.29) is 24.4 Å². The highest BCUT2D eigenvalue weighted by Gasteiger charge is 2.34. The topological polar surface area (TPSA) is 69.6 Å². The van der Waals surface area contributed by atoms with E-state index in [1.165, 1.54) is 23.1 Å². The third kappa shape index (κ3) is 5.12. The number of carbonyl (C=O) groups excluding carboxylic acids is 1. The second-order valence-corrected chi connectivity index (χ2v) is 6.99. The van der Waals surface area contributed by atoms with Crippen molar-refractivity contribution in [2.75, 3.05) is 13.1 Å². The first kappa shape index (κ1) is 20.1. The van der Waals surface area contributed by atoms with Crippen LogP contribution in [-0.2, 0) is 17.4 Å². The van der Waals surface area contributed by atoms with Gasteiger partial charge >= 0.3 is 18.2 Å². The zero-order valence-electron chi connectivity index (χ0n) is 14.7. The van der Waals surface area contributed by atoms with Crippen LogP contribution in [0.3, 0.4) is 0 Å². The number of rotatable bonds is 4. The van der Waals surface area contributed by atoms with Gasteiger partial charge in [0.15, 0.2) is 0 Å². The number of carboxylic acid groups (broad SMARTS) is 1. The molecule has 0 spiro atoms. The van der Waals surface area contributed by atoms with E-state index in [0.717, 1.165) is 6.07 Å². The Morgan fingerprint density at radius 2 is 1.96 bits per heavy atom. The molecule has 26 heavy (non-hydrogen) atoms. The number of amides is 2. The molecule has 1 fully saturated rings. The summed E-state index contributed by atoms with van der Waals surface area (Å²) < 4.78 is 39.2. The van der Waals surface area contributed by atoms with Gasteiger partial charge in [-0.1, -0.05) is 25.1 Å². The van der Waals surface area contributed by atoms with E-state index in [2.05, 4.69) is 5.32 Å². The van der Waals surface area contributed by atoms with E-state index >= 15 is 0 Å². The Bertz CT molecular complexity index is 663. The average molecular weight is 372 g/mol. The Kier molecular flexibility index (Phi) is 6.15. The molecule has 3 unspecified atom stereocenters. The van der Waals surface area contributed by atoms with E-state index in [0.29, 0.717) is 13.0 Å². The SMILES string of the molecule is CC1CC(C(=O)O)CN(C(=O)NC(C)Cc2ccccc2C(F)(F)F)C1. The number of likely N-dealkylation sites (tertiary alicyclic amines) is 1. The second kappa shape index (κ2) is 7.97. The number of hydrogen-bond acceptors (Lipinski definition) is 2. The number of alkyl halides is 3. The summed E-state index contributed by atoms with van der Waals surface area (Å²) in [4.78, 5) is 25.0. The molecule has 1 aromatic rings. The molecule has 1 heterocycles. The summed E-state index contributed by atoms with van der Waals surface area (Å²) in [5.74, 6) is -1.51. The Morgan fingerprint density at radius 3 is 2.58 bits per heavy atom. The van der Waals surface area contributed by atoms with Gasteiger partial charge in [-0.2, -0.15) is 13.2 Å². The molecule has 5 nitrogen and oxygen atoms in total. The number of nitrogens with one attached hydrogen (secondary N) is 1. The number of nitrogens with zero attached hydrogens (tertiary/aromatic N) is 1. The number of urea groups is 1. The Balaban J connectivity index is 2.01. The molecule has 1 saturated heterocycles. The van der Waals surface area contributed by atoms with Gasteiger partial charge in [-0.05, 0) is 37.3 Å². The molecule has 1 aromatic carbocycles. The molecular formula is C18H23F3N2O3. The molecule has 0 radical (unpaired) electrons. The summed E-state index contributed by atoms with van der Waals surface area (Å²) in [6, 6.07) is 4.31. The minimum atomic E-state index is -4.45. The molecule has 144 valence electrons. The summed E-state index contributed by atoms with van der Waals surface area (Å²) in [6.07, 6.45) is -3.90. The van der Waals surface area contributed by atoms with Crippen LogP contribution in [0.25, 0.3) is 0 Å². The largest absolute Gasteiger partial charge is 0.481 e. The minimum Gasteiger partial charge on any atom is -0.481 e. The fraction of sp³-hybridized carbons (Fsp3) is 0.556. The lowest BCUT2D eigenvalue weighted by molar-refractivity contribution is -0.143. The molecule has 1 aliphatic heterocycles. The lowest BCUT2D eigenvalue weighted by Crippen LogP contribution is -2.51. The number of carbonyl (C=O) groups is 2. The van der Waals surface area contributed by atoms with Crippen LogP contribution >= 0.6 is 0 Å². The fourth-order valence-corrected chi connectivity index (χ4v) is 3.35. The van der Waals surface area contributed by atoms with E-state index in [1.807, 2.05) is 6.92 Å². The molecule has 2 N–H and O–H groups in total. The normalized spacial score (nSPS) is 22.0. The zero-order valence-corrected chi connectivity index (χ0v) is 14.7. The van der Waals surface area contributed by atoms with E-state index in [4.69, 9.17) is 0 Å². The van der Waals surface area contributed by atoms with Crippen LogP contribution in [0.5, 0.6) is 0 Å². The summed E-state index contributed by atoms with van der Waals surface area (Å²) >= 11 is 0. The minimum absolute atomic E-state index is 0.0349. The maximum Gasteiger partial charge on any atom is 0.416 e. The van der Waals surface area contributed by atoms with Gasteiger partial charge in [-0.3, -0.25) is 4.79 Å². The number of aliphatic carboxylic acids is 1. The highest BCUT2D eigenvalue weighted by molar-refractivity contribution is 5.76. The quantitative estimate of drug-likeness (QED) is 0.851. The summed E-state index contributed by atoms with van der Waals surface area (Å²) in [6.45, 7) is 4.05. The van der Waals surface area contributed by atoms with Crippen LogP contribution in [0.1, 0.15) is 31.4 Å². The molecule has 0 aromatic heterocycles. The predicted molar refractivity (Wildman–Crippen MR) is 89.6 cm³/mol. The van der Waals surface area contributed by atoms with Crippen LogP contribution < -0.4 is 5.32 Å². The first-order valence-corrected chi connectivity index (χ1v) is 8.51. The fourth-order valence-electron chi connectivity index (χ4n) is 3.35. The third-order valence-electron chi connectivity index (χ3n) is 4.51. The van der Waals surface area contributed by atoms with Crippen molar-refractivity contribution in [1.29, 1.82) is 0 Å². The molecule has 0 bridgehead atoms. The van der Waals surface area contributed by atoms with Crippen LogP contribution in [0.2, 0.25) is 0 Å². The van der Waals surface area contributed by atoms with Crippen molar-refractivity contribution in [2.45, 2.75) is 38.9 Å². The van der Waals surface area contributed by atoms with Crippen molar-refractivity contribution in [3.05, 3.63) is 35.4 Å². The second-order valence-electron chi connectivity index (χ2n) is 6.99. The maximum absolute atomic E-state index is 13.1. The number of carboxylic acids is 1. The van der Waals surface area contributed by atoms with E-state index < -0.39 is 35.7 Å². The molecule has 1 aliphatic rings. The van der Waals surface area contributed by atoms with E-state index in [1.54, 1.807) is 6.92 Å². The molecule has 8 heteroatoms. The van der Waals surface area contributed by atoms with Crippen molar-refractivity contribution < 1.29 is 27.9 Å². The molecule has 0 aliphatic carbocycles. The third-order valence-corrected chi connectivity index (χ3v) is 4.51. The van der Waals surface area contributed by atoms with Crippen LogP contribution in [0, 0.1) is 11.8 Å². The van der Waals surface area contributed by atoms with Gasteiger partial charge in [-0.15, -0.1) is 0 Å².